The Balaban J connectivity index is 3.67. The summed E-state index contributed by atoms with van der Waals surface area (Å²) < 4.78 is 18.9. The lowest BCUT2D eigenvalue weighted by Gasteiger charge is -2.39. The summed E-state index contributed by atoms with van der Waals surface area (Å²) in [6.07, 6.45) is 4.47. The first kappa shape index (κ1) is 35.5. The summed E-state index contributed by atoms with van der Waals surface area (Å²) >= 11 is 0. The van der Waals surface area contributed by atoms with Crippen molar-refractivity contribution in [2.24, 2.45) is 17.8 Å². The van der Waals surface area contributed by atoms with Gasteiger partial charge in [0.25, 0.3) is 0 Å². The van der Waals surface area contributed by atoms with Gasteiger partial charge >= 0.3 is 5.97 Å². The summed E-state index contributed by atoms with van der Waals surface area (Å²) in [5, 5.41) is 0.260. The molecule has 7 heteroatoms. The molecule has 0 aromatic heterocycles. The molecule has 1 rings (SSSR count). The van der Waals surface area contributed by atoms with E-state index in [1.165, 1.54) is 18.3 Å². The van der Waals surface area contributed by atoms with Crippen LogP contribution in [0.15, 0.2) is 22.8 Å². The van der Waals surface area contributed by atoms with Gasteiger partial charge in [-0.25, -0.2) is 4.79 Å². The summed E-state index contributed by atoms with van der Waals surface area (Å²) in [5.74, 6) is 0.738. The van der Waals surface area contributed by atoms with Crippen LogP contribution in [0, 0.1) is 17.8 Å². The lowest BCUT2D eigenvalue weighted by molar-refractivity contribution is -0.137. The zero-order valence-electron chi connectivity index (χ0n) is 28.0. The van der Waals surface area contributed by atoms with Crippen LogP contribution in [0.1, 0.15) is 68.2 Å². The molecule has 222 valence electrons. The van der Waals surface area contributed by atoms with Crippen molar-refractivity contribution in [1.82, 2.24) is 0 Å². The van der Waals surface area contributed by atoms with Gasteiger partial charge in [0.2, 0.25) is 0 Å². The molecule has 0 fully saturated rings. The second-order valence-corrected chi connectivity index (χ2v) is 31.2. The number of rotatable bonds is 11. The summed E-state index contributed by atoms with van der Waals surface area (Å²) in [4.78, 5) is 13.4. The fourth-order valence-electron chi connectivity index (χ4n) is 4.65. The zero-order chi connectivity index (χ0) is 29.9. The van der Waals surface area contributed by atoms with Crippen LogP contribution in [0.4, 0.5) is 0 Å². The van der Waals surface area contributed by atoms with Crippen molar-refractivity contribution in [3.63, 3.8) is 0 Å². The molecule has 0 saturated heterocycles. The first-order valence-electron chi connectivity index (χ1n) is 14.7. The molecule has 4 nitrogen and oxygen atoms in total. The Kier molecular flexibility index (Phi) is 12.2. The fraction of sp³-hybridized carbons (Fsp3) is 0.839. The average Bonchev–Trinajstić information content (AvgIpc) is 2.72. The van der Waals surface area contributed by atoms with Crippen LogP contribution >= 0.6 is 0 Å². The van der Waals surface area contributed by atoms with E-state index < -0.39 is 24.7 Å². The van der Waals surface area contributed by atoms with E-state index in [1.807, 2.05) is 0 Å². The van der Waals surface area contributed by atoms with Crippen LogP contribution in [-0.4, -0.2) is 51.0 Å². The van der Waals surface area contributed by atoms with Crippen molar-refractivity contribution in [1.29, 1.82) is 0 Å². The van der Waals surface area contributed by atoms with E-state index in [2.05, 4.69) is 107 Å². The van der Waals surface area contributed by atoms with Crippen molar-refractivity contribution in [3.8, 4) is 0 Å². The summed E-state index contributed by atoms with van der Waals surface area (Å²) in [7, 11) is -3.80. The average molecular weight is 583 g/mol. The fourth-order valence-corrected chi connectivity index (χ4v) is 8.25. The van der Waals surface area contributed by atoms with Gasteiger partial charge < -0.3 is 13.6 Å². The quantitative estimate of drug-likeness (QED) is 0.138. The molecule has 0 aromatic rings. The SMILES string of the molecule is COC(=O)C1=C(C[Si](C)(C)C)CC[C@H](C(C)C)[C@H]1C=C(CO[Si](C)(C)C(C)(C)C)CO[Si](C)(C)C(C)(C)C. The molecule has 0 unspecified atom stereocenters. The summed E-state index contributed by atoms with van der Waals surface area (Å²) in [6.45, 7) is 35.8. The van der Waals surface area contributed by atoms with Gasteiger partial charge in [0, 0.05) is 19.6 Å². The van der Waals surface area contributed by atoms with Crippen molar-refractivity contribution in [2.45, 2.75) is 130 Å². The molecule has 0 N–H and O–H groups in total. The predicted octanol–water partition coefficient (Wildman–Crippen LogP) is 9.45. The number of methoxy groups -OCH3 is 1. The smallest absolute Gasteiger partial charge is 0.334 e. The second-order valence-electron chi connectivity index (χ2n) is 16.1. The maximum absolute atomic E-state index is 13.4. The molecule has 1 aliphatic carbocycles. The highest BCUT2D eigenvalue weighted by molar-refractivity contribution is 6.76. The van der Waals surface area contributed by atoms with Gasteiger partial charge in [0.15, 0.2) is 16.6 Å². The molecule has 0 spiro atoms. The van der Waals surface area contributed by atoms with E-state index in [4.69, 9.17) is 13.6 Å². The Labute approximate surface area is 239 Å². The largest absolute Gasteiger partial charge is 0.466 e. The summed E-state index contributed by atoms with van der Waals surface area (Å²) in [5.41, 5.74) is 3.41. The topological polar surface area (TPSA) is 44.8 Å². The van der Waals surface area contributed by atoms with Gasteiger partial charge in [0.1, 0.15) is 0 Å². The third-order valence-corrected chi connectivity index (χ3v) is 19.7. The van der Waals surface area contributed by atoms with Crippen LogP contribution in [0.2, 0.25) is 61.9 Å². The molecule has 0 aromatic carbocycles. The van der Waals surface area contributed by atoms with Crippen molar-refractivity contribution in [2.75, 3.05) is 20.3 Å². The third kappa shape index (κ3) is 9.86. The van der Waals surface area contributed by atoms with Gasteiger partial charge in [-0.1, -0.05) is 86.7 Å². The standard InChI is InChI=1S/C31H62O4Si3/c1-23(2)26-18-17-25(22-36(10,11)12)28(29(32)33-9)27(26)19-24(20-34-37(13,14)30(3,4)5)21-35-38(15,16)31(6,7)8/h19,23,26-27H,17-18,20-22H2,1-16H3/t26-,27-/m1/s1. The molecular weight excluding hydrogens is 521 g/mol. The predicted molar refractivity (Wildman–Crippen MR) is 173 cm³/mol. The third-order valence-electron chi connectivity index (χ3n) is 9.22. The Bertz CT molecular complexity index is 833. The number of ether oxygens (including phenoxy) is 1. The van der Waals surface area contributed by atoms with E-state index in [0.717, 1.165) is 24.5 Å². The van der Waals surface area contributed by atoms with E-state index in [1.54, 1.807) is 0 Å². The molecule has 0 radical (unpaired) electrons. The van der Waals surface area contributed by atoms with Crippen molar-refractivity contribution < 1.29 is 18.4 Å². The van der Waals surface area contributed by atoms with Crippen LogP contribution in [0.3, 0.4) is 0 Å². The zero-order valence-corrected chi connectivity index (χ0v) is 31.0. The molecule has 0 amide bonds. The molecule has 0 heterocycles. The highest BCUT2D eigenvalue weighted by Crippen LogP contribution is 2.44. The Morgan fingerprint density at radius 2 is 1.34 bits per heavy atom. The minimum atomic E-state index is -1.96. The van der Waals surface area contributed by atoms with E-state index in [9.17, 15) is 4.79 Å². The van der Waals surface area contributed by atoms with Crippen LogP contribution in [-0.2, 0) is 18.4 Å². The van der Waals surface area contributed by atoms with Crippen LogP contribution in [0.5, 0.6) is 0 Å². The number of allylic oxidation sites excluding steroid dienone is 2. The monoisotopic (exact) mass is 582 g/mol. The van der Waals surface area contributed by atoms with E-state index in [-0.39, 0.29) is 22.0 Å². The summed E-state index contributed by atoms with van der Waals surface area (Å²) in [6, 6.07) is 1.04. The molecule has 2 atom stereocenters. The van der Waals surface area contributed by atoms with Gasteiger partial charge in [-0.15, -0.1) is 0 Å². The van der Waals surface area contributed by atoms with Crippen molar-refractivity contribution in [3.05, 3.63) is 22.8 Å². The Morgan fingerprint density at radius 1 is 0.895 bits per heavy atom. The van der Waals surface area contributed by atoms with Gasteiger partial charge in [-0.05, 0) is 72.6 Å². The Morgan fingerprint density at radius 3 is 1.68 bits per heavy atom. The number of carbonyl (C=O) groups excluding carboxylic acids is 1. The normalized spacial score (nSPS) is 20.1. The second kappa shape index (κ2) is 13.0. The number of esters is 1. The Hall–Kier alpha value is -0.479. The first-order valence-corrected chi connectivity index (χ1v) is 24.2. The first-order chi connectivity index (χ1) is 16.9. The highest BCUT2D eigenvalue weighted by Gasteiger charge is 2.41. The number of hydrogen-bond acceptors (Lipinski definition) is 4. The minimum Gasteiger partial charge on any atom is -0.466 e. The molecule has 0 aliphatic heterocycles. The lowest BCUT2D eigenvalue weighted by Crippen LogP contribution is -2.43. The maximum atomic E-state index is 13.4. The van der Waals surface area contributed by atoms with E-state index >= 15 is 0 Å². The minimum absolute atomic E-state index is 0.0311. The van der Waals surface area contributed by atoms with Gasteiger partial charge in [-0.3, -0.25) is 0 Å². The van der Waals surface area contributed by atoms with E-state index in [0.29, 0.717) is 25.0 Å². The highest BCUT2D eigenvalue weighted by atomic mass is 28.4. The number of hydrogen-bond donors (Lipinski definition) is 0. The lowest BCUT2D eigenvalue weighted by atomic mass is 9.70. The van der Waals surface area contributed by atoms with Crippen LogP contribution in [0.25, 0.3) is 0 Å². The van der Waals surface area contributed by atoms with Crippen molar-refractivity contribution >= 4 is 30.7 Å². The molecular formula is C31H62O4Si3. The molecule has 0 saturated carbocycles. The maximum Gasteiger partial charge on any atom is 0.334 e. The molecule has 38 heavy (non-hydrogen) atoms. The van der Waals surface area contributed by atoms with Gasteiger partial charge in [0.05, 0.1) is 20.3 Å². The van der Waals surface area contributed by atoms with Gasteiger partial charge in [-0.2, -0.15) is 0 Å². The number of carbonyl (C=O) groups is 1. The molecule has 0 bridgehead atoms. The van der Waals surface area contributed by atoms with Crippen LogP contribution < -0.4 is 0 Å². The molecule has 1 aliphatic rings.